The maximum absolute atomic E-state index is 12.6. The molecule has 1 amide bonds. The van der Waals surface area contributed by atoms with Gasteiger partial charge in [-0.1, -0.05) is 50.1 Å². The first kappa shape index (κ1) is 16.0. The van der Waals surface area contributed by atoms with Gasteiger partial charge in [-0.3, -0.25) is 10.1 Å². The molecule has 1 heterocycles. The van der Waals surface area contributed by atoms with Crippen LogP contribution in [0.5, 0.6) is 0 Å². The lowest BCUT2D eigenvalue weighted by Gasteiger charge is -2.24. The van der Waals surface area contributed by atoms with E-state index in [9.17, 15) is 4.79 Å². The van der Waals surface area contributed by atoms with E-state index in [4.69, 9.17) is 4.74 Å². The van der Waals surface area contributed by atoms with Crippen LogP contribution < -0.4 is 5.32 Å². The molecule has 2 rings (SSSR count). The first-order valence-corrected chi connectivity index (χ1v) is 7.97. The fourth-order valence-electron chi connectivity index (χ4n) is 2.75. The Morgan fingerprint density at radius 2 is 2.00 bits per heavy atom. The predicted octanol–water partition coefficient (Wildman–Crippen LogP) is 2.71. The third-order valence-electron chi connectivity index (χ3n) is 3.89. The second kappa shape index (κ2) is 8.15. The molecule has 116 valence electrons. The van der Waals surface area contributed by atoms with Gasteiger partial charge in [-0.05, 0) is 18.9 Å². The number of unbranched alkanes of at least 4 members (excludes halogenated alkanes) is 1. The topological polar surface area (TPSA) is 41.6 Å². The Morgan fingerprint density at radius 3 is 2.67 bits per heavy atom. The van der Waals surface area contributed by atoms with Crippen LogP contribution in [0.25, 0.3) is 0 Å². The maximum atomic E-state index is 12.6. The van der Waals surface area contributed by atoms with Gasteiger partial charge in [0, 0.05) is 13.2 Å². The summed E-state index contributed by atoms with van der Waals surface area (Å²) in [5.41, 5.74) is 1.14. The standard InChI is InChI=1S/C17H26N2O2/c1-3-5-11-15-17(20)19(12-13-21-4-2)16(18-15)14-9-7-6-8-10-14/h6-10,15-16,18H,3-5,11-13H2,1-2H3. The molecular formula is C17H26N2O2. The summed E-state index contributed by atoms with van der Waals surface area (Å²) in [5, 5.41) is 3.49. The Bertz CT molecular complexity index is 436. The zero-order valence-corrected chi connectivity index (χ0v) is 13.0. The van der Waals surface area contributed by atoms with Crippen molar-refractivity contribution in [1.29, 1.82) is 0 Å². The van der Waals surface area contributed by atoms with E-state index >= 15 is 0 Å². The molecule has 4 nitrogen and oxygen atoms in total. The van der Waals surface area contributed by atoms with Crippen molar-refractivity contribution in [3.8, 4) is 0 Å². The average Bonchev–Trinajstić information content (AvgIpc) is 2.83. The molecule has 0 aromatic heterocycles. The Kier molecular flexibility index (Phi) is 6.21. The second-order valence-corrected chi connectivity index (χ2v) is 5.40. The summed E-state index contributed by atoms with van der Waals surface area (Å²) in [7, 11) is 0. The summed E-state index contributed by atoms with van der Waals surface area (Å²) in [5.74, 6) is 0.206. The van der Waals surface area contributed by atoms with Gasteiger partial charge in [-0.2, -0.15) is 0 Å². The first-order chi connectivity index (χ1) is 10.3. The summed E-state index contributed by atoms with van der Waals surface area (Å²) in [6, 6.07) is 10.1. The van der Waals surface area contributed by atoms with Crippen LogP contribution in [0, 0.1) is 0 Å². The van der Waals surface area contributed by atoms with Crippen molar-refractivity contribution >= 4 is 5.91 Å². The number of amides is 1. The van der Waals surface area contributed by atoms with Crippen LogP contribution in [-0.2, 0) is 9.53 Å². The Morgan fingerprint density at radius 1 is 1.24 bits per heavy atom. The molecule has 4 heteroatoms. The minimum absolute atomic E-state index is 0.0268. The third-order valence-corrected chi connectivity index (χ3v) is 3.89. The SMILES string of the molecule is CCCCC1NC(c2ccccc2)N(CCOCC)C1=O. The number of hydrogen-bond donors (Lipinski definition) is 1. The number of nitrogens with one attached hydrogen (secondary N) is 1. The normalized spacial score (nSPS) is 22.0. The number of hydrogen-bond acceptors (Lipinski definition) is 3. The molecule has 1 aromatic rings. The van der Waals surface area contributed by atoms with Crippen LogP contribution >= 0.6 is 0 Å². The largest absolute Gasteiger partial charge is 0.380 e. The molecule has 0 bridgehead atoms. The van der Waals surface area contributed by atoms with Crippen LogP contribution in [0.4, 0.5) is 0 Å². The number of nitrogens with zero attached hydrogens (tertiary/aromatic N) is 1. The quantitative estimate of drug-likeness (QED) is 0.749. The van der Waals surface area contributed by atoms with Crippen molar-refractivity contribution in [3.63, 3.8) is 0 Å². The van der Waals surface area contributed by atoms with Gasteiger partial charge in [0.15, 0.2) is 0 Å². The van der Waals surface area contributed by atoms with Crippen molar-refractivity contribution in [2.24, 2.45) is 0 Å². The van der Waals surface area contributed by atoms with Gasteiger partial charge in [-0.25, -0.2) is 0 Å². The number of ether oxygens (including phenoxy) is 1. The highest BCUT2D eigenvalue weighted by Crippen LogP contribution is 2.26. The molecule has 21 heavy (non-hydrogen) atoms. The van der Waals surface area contributed by atoms with Gasteiger partial charge in [-0.15, -0.1) is 0 Å². The van der Waals surface area contributed by atoms with Gasteiger partial charge >= 0.3 is 0 Å². The number of carbonyl (C=O) groups is 1. The molecule has 1 fully saturated rings. The molecule has 0 saturated carbocycles. The maximum Gasteiger partial charge on any atom is 0.241 e. The van der Waals surface area contributed by atoms with E-state index in [-0.39, 0.29) is 18.1 Å². The van der Waals surface area contributed by atoms with Crippen molar-refractivity contribution in [2.45, 2.75) is 45.3 Å². The molecule has 0 spiro atoms. The first-order valence-electron chi connectivity index (χ1n) is 7.97. The van der Waals surface area contributed by atoms with Crippen molar-refractivity contribution in [3.05, 3.63) is 35.9 Å². The fourth-order valence-corrected chi connectivity index (χ4v) is 2.75. The molecule has 1 aliphatic rings. The number of benzene rings is 1. The van der Waals surface area contributed by atoms with E-state index in [1.165, 1.54) is 0 Å². The second-order valence-electron chi connectivity index (χ2n) is 5.40. The van der Waals surface area contributed by atoms with Gasteiger partial charge < -0.3 is 9.64 Å². The van der Waals surface area contributed by atoms with Gasteiger partial charge in [0.1, 0.15) is 6.17 Å². The minimum Gasteiger partial charge on any atom is -0.380 e. The van der Waals surface area contributed by atoms with Crippen molar-refractivity contribution in [2.75, 3.05) is 19.8 Å². The van der Waals surface area contributed by atoms with E-state index in [0.717, 1.165) is 24.8 Å². The molecule has 1 N–H and O–H groups in total. The fraction of sp³-hybridized carbons (Fsp3) is 0.588. The highest BCUT2D eigenvalue weighted by Gasteiger charge is 2.38. The van der Waals surface area contributed by atoms with E-state index in [1.54, 1.807) is 0 Å². The zero-order valence-electron chi connectivity index (χ0n) is 13.0. The van der Waals surface area contributed by atoms with Crippen molar-refractivity contribution in [1.82, 2.24) is 10.2 Å². The summed E-state index contributed by atoms with van der Waals surface area (Å²) in [6.45, 7) is 6.05. The van der Waals surface area contributed by atoms with Crippen LogP contribution in [0.1, 0.15) is 44.8 Å². The number of carbonyl (C=O) groups excluding carboxylic acids is 1. The molecule has 0 aliphatic carbocycles. The van der Waals surface area contributed by atoms with Crippen LogP contribution in [-0.4, -0.2) is 36.6 Å². The van der Waals surface area contributed by atoms with Gasteiger partial charge in [0.05, 0.1) is 12.6 Å². The molecule has 2 unspecified atom stereocenters. The number of rotatable bonds is 8. The molecule has 1 saturated heterocycles. The average molecular weight is 290 g/mol. The lowest BCUT2D eigenvalue weighted by atomic mass is 10.1. The molecular weight excluding hydrogens is 264 g/mol. The molecule has 2 atom stereocenters. The van der Waals surface area contributed by atoms with E-state index in [0.29, 0.717) is 19.8 Å². The summed E-state index contributed by atoms with van der Waals surface area (Å²) in [6.07, 6.45) is 3.06. The lowest BCUT2D eigenvalue weighted by Crippen LogP contribution is -2.34. The van der Waals surface area contributed by atoms with E-state index < -0.39 is 0 Å². The summed E-state index contributed by atoms with van der Waals surface area (Å²) in [4.78, 5) is 14.5. The monoisotopic (exact) mass is 290 g/mol. The summed E-state index contributed by atoms with van der Waals surface area (Å²) >= 11 is 0. The van der Waals surface area contributed by atoms with Gasteiger partial charge in [0.2, 0.25) is 5.91 Å². The Balaban J connectivity index is 2.09. The Labute approximate surface area is 127 Å². The van der Waals surface area contributed by atoms with Crippen LogP contribution in [0.3, 0.4) is 0 Å². The van der Waals surface area contributed by atoms with Crippen LogP contribution in [0.2, 0.25) is 0 Å². The minimum atomic E-state index is -0.0585. The molecule has 1 aromatic carbocycles. The molecule has 1 aliphatic heterocycles. The smallest absolute Gasteiger partial charge is 0.241 e. The molecule has 0 radical (unpaired) electrons. The van der Waals surface area contributed by atoms with Crippen LogP contribution in [0.15, 0.2) is 30.3 Å². The van der Waals surface area contributed by atoms with E-state index in [2.05, 4.69) is 24.4 Å². The third kappa shape index (κ3) is 4.05. The lowest BCUT2D eigenvalue weighted by molar-refractivity contribution is -0.131. The highest BCUT2D eigenvalue weighted by molar-refractivity contribution is 5.84. The Hall–Kier alpha value is -1.39. The van der Waals surface area contributed by atoms with Gasteiger partial charge in [0.25, 0.3) is 0 Å². The summed E-state index contributed by atoms with van der Waals surface area (Å²) < 4.78 is 5.42. The van der Waals surface area contributed by atoms with Crippen molar-refractivity contribution < 1.29 is 9.53 Å². The predicted molar refractivity (Wildman–Crippen MR) is 83.8 cm³/mol. The zero-order chi connectivity index (χ0) is 15.1. The van der Waals surface area contributed by atoms with E-state index in [1.807, 2.05) is 30.0 Å². The highest BCUT2D eigenvalue weighted by atomic mass is 16.5.